The molecule has 0 radical (unpaired) electrons. The van der Waals surface area contributed by atoms with Gasteiger partial charge < -0.3 is 10.1 Å². The number of halogens is 1. The summed E-state index contributed by atoms with van der Waals surface area (Å²) in [5.41, 5.74) is 1.23. The van der Waals surface area contributed by atoms with Crippen LogP contribution in [0.2, 0.25) is 5.02 Å². The van der Waals surface area contributed by atoms with E-state index in [1.54, 1.807) is 18.7 Å². The molecule has 0 bridgehead atoms. The van der Waals surface area contributed by atoms with Gasteiger partial charge in [0.2, 0.25) is 0 Å². The molecule has 0 saturated heterocycles. The third kappa shape index (κ3) is 5.91. The monoisotopic (exact) mass is 399 g/mol. The Balaban J connectivity index is 1.40. The van der Waals surface area contributed by atoms with Gasteiger partial charge >= 0.3 is 0 Å². The lowest BCUT2D eigenvalue weighted by Crippen LogP contribution is -2.37. The summed E-state index contributed by atoms with van der Waals surface area (Å²) in [6.45, 7) is 2.38. The van der Waals surface area contributed by atoms with Crippen LogP contribution in [0.1, 0.15) is 12.5 Å². The highest BCUT2D eigenvalue weighted by Crippen LogP contribution is 2.21. The predicted molar refractivity (Wildman–Crippen MR) is 115 cm³/mol. The molecule has 140 valence electrons. The van der Waals surface area contributed by atoms with Crippen LogP contribution in [0.25, 0.3) is 10.8 Å². The van der Waals surface area contributed by atoms with Gasteiger partial charge in [-0.05, 0) is 47.5 Å². The van der Waals surface area contributed by atoms with Gasteiger partial charge in [-0.25, -0.2) is 0 Å². The quantitative estimate of drug-likeness (QED) is 0.521. The molecular weight excluding hydrogens is 378 g/mol. The van der Waals surface area contributed by atoms with Gasteiger partial charge in [0.25, 0.3) is 5.91 Å². The summed E-state index contributed by atoms with van der Waals surface area (Å²) in [7, 11) is 0. The van der Waals surface area contributed by atoms with E-state index < -0.39 is 6.10 Å². The van der Waals surface area contributed by atoms with Crippen molar-refractivity contribution in [2.45, 2.75) is 18.8 Å². The zero-order chi connectivity index (χ0) is 19.1. The molecule has 0 heterocycles. The molecule has 1 atom stereocenters. The first-order valence-corrected chi connectivity index (χ1v) is 10.4. The Kier molecular flexibility index (Phi) is 7.02. The average molecular weight is 400 g/mol. The highest BCUT2D eigenvalue weighted by atomic mass is 35.5. The van der Waals surface area contributed by atoms with E-state index in [-0.39, 0.29) is 5.91 Å². The fourth-order valence-electron chi connectivity index (χ4n) is 2.66. The number of amides is 1. The van der Waals surface area contributed by atoms with Gasteiger partial charge in [0, 0.05) is 23.1 Å². The Labute approximate surface area is 169 Å². The molecule has 1 amide bonds. The van der Waals surface area contributed by atoms with Crippen molar-refractivity contribution in [3.05, 3.63) is 77.3 Å². The van der Waals surface area contributed by atoms with E-state index in [1.165, 1.54) is 5.56 Å². The molecule has 0 unspecified atom stereocenters. The molecule has 0 aliphatic carbocycles. The van der Waals surface area contributed by atoms with Gasteiger partial charge in [0.1, 0.15) is 5.75 Å². The molecule has 0 aliphatic heterocycles. The summed E-state index contributed by atoms with van der Waals surface area (Å²) < 4.78 is 5.79. The Bertz CT molecular complexity index is 898. The van der Waals surface area contributed by atoms with Gasteiger partial charge in [0.15, 0.2) is 6.10 Å². The van der Waals surface area contributed by atoms with Crippen LogP contribution in [-0.4, -0.2) is 24.3 Å². The van der Waals surface area contributed by atoms with Gasteiger partial charge in [-0.3, -0.25) is 4.79 Å². The van der Waals surface area contributed by atoms with E-state index in [2.05, 4.69) is 11.4 Å². The minimum absolute atomic E-state index is 0.102. The van der Waals surface area contributed by atoms with Crippen LogP contribution in [0.3, 0.4) is 0 Å². The zero-order valence-corrected chi connectivity index (χ0v) is 16.7. The highest BCUT2D eigenvalue weighted by molar-refractivity contribution is 7.98. The highest BCUT2D eigenvalue weighted by Gasteiger charge is 2.14. The molecule has 3 rings (SSSR count). The zero-order valence-electron chi connectivity index (χ0n) is 15.2. The van der Waals surface area contributed by atoms with Gasteiger partial charge in [-0.1, -0.05) is 54.1 Å². The van der Waals surface area contributed by atoms with Gasteiger partial charge in [0.05, 0.1) is 0 Å². The Morgan fingerprint density at radius 2 is 1.81 bits per heavy atom. The molecule has 0 aromatic heterocycles. The smallest absolute Gasteiger partial charge is 0.260 e. The molecule has 1 N–H and O–H groups in total. The lowest BCUT2D eigenvalue weighted by atomic mass is 10.1. The molecule has 27 heavy (non-hydrogen) atoms. The van der Waals surface area contributed by atoms with E-state index in [0.717, 1.165) is 27.3 Å². The second-order valence-electron chi connectivity index (χ2n) is 6.24. The summed E-state index contributed by atoms with van der Waals surface area (Å²) in [6.07, 6.45) is -0.535. The third-order valence-corrected chi connectivity index (χ3v) is 5.41. The second-order valence-corrected chi connectivity index (χ2v) is 7.78. The Hall–Kier alpha value is -2.17. The van der Waals surface area contributed by atoms with Crippen LogP contribution in [0.15, 0.2) is 66.7 Å². The van der Waals surface area contributed by atoms with Crippen molar-refractivity contribution in [2.75, 3.05) is 12.3 Å². The molecular formula is C22H22ClNO2S. The maximum atomic E-state index is 12.2. The van der Waals surface area contributed by atoms with E-state index >= 15 is 0 Å². The van der Waals surface area contributed by atoms with Crippen molar-refractivity contribution < 1.29 is 9.53 Å². The fourth-order valence-corrected chi connectivity index (χ4v) is 3.60. The number of thioether (sulfide) groups is 1. The number of rotatable bonds is 8. The molecule has 0 saturated carbocycles. The number of benzene rings is 3. The molecule has 3 aromatic rings. The lowest BCUT2D eigenvalue weighted by molar-refractivity contribution is -0.127. The Morgan fingerprint density at radius 3 is 2.59 bits per heavy atom. The molecule has 5 heteroatoms. The summed E-state index contributed by atoms with van der Waals surface area (Å²) >= 11 is 7.65. The largest absolute Gasteiger partial charge is 0.481 e. The lowest BCUT2D eigenvalue weighted by Gasteiger charge is -2.15. The molecule has 0 aliphatic rings. The maximum absolute atomic E-state index is 12.2. The third-order valence-electron chi connectivity index (χ3n) is 4.13. The number of nitrogens with one attached hydrogen (secondary N) is 1. The van der Waals surface area contributed by atoms with Crippen molar-refractivity contribution >= 4 is 40.0 Å². The summed E-state index contributed by atoms with van der Waals surface area (Å²) in [5, 5.41) is 5.93. The minimum Gasteiger partial charge on any atom is -0.481 e. The van der Waals surface area contributed by atoms with E-state index in [4.69, 9.17) is 16.3 Å². The first kappa shape index (κ1) is 19.6. The van der Waals surface area contributed by atoms with Crippen molar-refractivity contribution in [2.24, 2.45) is 0 Å². The molecule has 0 fully saturated rings. The molecule has 0 spiro atoms. The van der Waals surface area contributed by atoms with Crippen molar-refractivity contribution in [3.8, 4) is 5.75 Å². The first-order chi connectivity index (χ1) is 13.1. The van der Waals surface area contributed by atoms with E-state index in [1.807, 2.05) is 60.7 Å². The van der Waals surface area contributed by atoms with E-state index in [9.17, 15) is 4.79 Å². The summed E-state index contributed by atoms with van der Waals surface area (Å²) in [5.74, 6) is 2.34. The second kappa shape index (κ2) is 9.67. The molecule has 3 nitrogen and oxygen atoms in total. The van der Waals surface area contributed by atoms with Crippen LogP contribution in [0, 0.1) is 0 Å². The normalized spacial score (nSPS) is 11.9. The minimum atomic E-state index is -0.535. The predicted octanol–water partition coefficient (Wildman–Crippen LogP) is 5.31. The van der Waals surface area contributed by atoms with Crippen LogP contribution >= 0.6 is 23.4 Å². The topological polar surface area (TPSA) is 38.3 Å². The van der Waals surface area contributed by atoms with Crippen LogP contribution in [-0.2, 0) is 10.5 Å². The number of carbonyl (C=O) groups is 1. The van der Waals surface area contributed by atoms with Crippen molar-refractivity contribution in [1.82, 2.24) is 5.32 Å². The van der Waals surface area contributed by atoms with Crippen LogP contribution in [0.4, 0.5) is 0 Å². The maximum Gasteiger partial charge on any atom is 0.260 e. The Morgan fingerprint density at radius 1 is 1.07 bits per heavy atom. The summed E-state index contributed by atoms with van der Waals surface area (Å²) in [6, 6.07) is 21.8. The average Bonchev–Trinajstić information content (AvgIpc) is 2.69. The number of hydrogen-bond acceptors (Lipinski definition) is 3. The van der Waals surface area contributed by atoms with E-state index in [0.29, 0.717) is 12.3 Å². The number of carbonyl (C=O) groups excluding carboxylic acids is 1. The fraction of sp³-hybridized carbons (Fsp3) is 0.227. The summed E-state index contributed by atoms with van der Waals surface area (Å²) in [4.78, 5) is 12.2. The molecule has 3 aromatic carbocycles. The number of ether oxygens (including phenoxy) is 1. The number of fused-ring (bicyclic) bond motifs is 1. The van der Waals surface area contributed by atoms with Crippen LogP contribution < -0.4 is 10.1 Å². The van der Waals surface area contributed by atoms with Crippen LogP contribution in [0.5, 0.6) is 5.75 Å². The van der Waals surface area contributed by atoms with Gasteiger partial charge in [-0.2, -0.15) is 11.8 Å². The SMILES string of the molecule is C[C@@H](Oc1ccc2ccccc2c1)C(=O)NCCSCc1ccc(Cl)cc1. The van der Waals surface area contributed by atoms with Crippen molar-refractivity contribution in [1.29, 1.82) is 0 Å². The van der Waals surface area contributed by atoms with Gasteiger partial charge in [-0.15, -0.1) is 0 Å². The first-order valence-electron chi connectivity index (χ1n) is 8.87. The standard InChI is InChI=1S/C22H22ClNO2S/c1-16(26-21-11-8-18-4-2-3-5-19(18)14-21)22(25)24-12-13-27-15-17-6-9-20(23)10-7-17/h2-11,14,16H,12-13,15H2,1H3,(H,24,25)/t16-/m1/s1. The number of hydrogen-bond donors (Lipinski definition) is 1. The van der Waals surface area contributed by atoms with Crippen molar-refractivity contribution in [3.63, 3.8) is 0 Å².